The Balaban J connectivity index is 2.25. The minimum atomic E-state index is -0.530. The zero-order valence-electron chi connectivity index (χ0n) is 19.6. The predicted octanol–water partition coefficient (Wildman–Crippen LogP) is 7.09. The predicted molar refractivity (Wildman–Crippen MR) is 118 cm³/mol. The zero-order valence-corrected chi connectivity index (χ0v) is 19.6. The second-order valence-electron chi connectivity index (χ2n) is 9.39. The van der Waals surface area contributed by atoms with Gasteiger partial charge in [0, 0.05) is 24.9 Å². The van der Waals surface area contributed by atoms with Crippen LogP contribution in [0.25, 0.3) is 0 Å². The first kappa shape index (κ1) is 25.9. The molecule has 1 saturated heterocycles. The largest absolute Gasteiger partial charge is 0.347 e. The van der Waals surface area contributed by atoms with Crippen LogP contribution in [0.3, 0.4) is 0 Å². The molecule has 1 N–H and O–H groups in total. The summed E-state index contributed by atoms with van der Waals surface area (Å²) in [6.45, 7) is 11.9. The standard InChI is InChI=1S/C24H49NO3/c1-6-9-10-11-12-13-14-15-16-17-18-22-20-27-24(28-22,19-7-2)21-23(4,5)25(26)8-3/h22,26H,6-21H2,1-5H3. The Kier molecular flexibility index (Phi) is 12.9. The van der Waals surface area contributed by atoms with Gasteiger partial charge in [-0.1, -0.05) is 91.4 Å². The minimum absolute atomic E-state index is 0.213. The summed E-state index contributed by atoms with van der Waals surface area (Å²) in [5, 5.41) is 11.6. The Morgan fingerprint density at radius 1 is 0.893 bits per heavy atom. The molecule has 1 aliphatic heterocycles. The quantitative estimate of drug-likeness (QED) is 0.209. The number of rotatable bonds is 17. The Bertz CT molecular complexity index is 388. The van der Waals surface area contributed by atoms with Gasteiger partial charge in [0.2, 0.25) is 0 Å². The average molecular weight is 400 g/mol. The second-order valence-corrected chi connectivity index (χ2v) is 9.39. The van der Waals surface area contributed by atoms with Crippen molar-refractivity contribution in [3.63, 3.8) is 0 Å². The van der Waals surface area contributed by atoms with Gasteiger partial charge in [0.1, 0.15) is 0 Å². The van der Waals surface area contributed by atoms with E-state index in [-0.39, 0.29) is 11.6 Å². The van der Waals surface area contributed by atoms with Crippen molar-refractivity contribution in [1.29, 1.82) is 0 Å². The van der Waals surface area contributed by atoms with Crippen molar-refractivity contribution in [1.82, 2.24) is 5.06 Å². The number of unbranched alkanes of at least 4 members (excludes halogenated alkanes) is 9. The van der Waals surface area contributed by atoms with Gasteiger partial charge in [0.05, 0.1) is 12.7 Å². The van der Waals surface area contributed by atoms with Crippen molar-refractivity contribution in [2.75, 3.05) is 13.2 Å². The normalized spacial score (nSPS) is 23.0. The number of hydrogen-bond donors (Lipinski definition) is 1. The molecule has 0 aromatic heterocycles. The van der Waals surface area contributed by atoms with Crippen molar-refractivity contribution in [3.05, 3.63) is 0 Å². The molecule has 0 spiro atoms. The molecule has 0 radical (unpaired) electrons. The first-order valence-corrected chi connectivity index (χ1v) is 12.2. The van der Waals surface area contributed by atoms with Crippen LogP contribution in [-0.2, 0) is 9.47 Å². The molecule has 4 heteroatoms. The molecule has 0 amide bonds. The van der Waals surface area contributed by atoms with Crippen molar-refractivity contribution >= 4 is 0 Å². The van der Waals surface area contributed by atoms with E-state index < -0.39 is 5.79 Å². The molecular formula is C24H49NO3. The lowest BCUT2D eigenvalue weighted by Gasteiger charge is -2.40. The van der Waals surface area contributed by atoms with Crippen LogP contribution in [0.4, 0.5) is 0 Å². The highest BCUT2D eigenvalue weighted by molar-refractivity contribution is 4.89. The van der Waals surface area contributed by atoms with E-state index in [1.165, 1.54) is 69.3 Å². The molecule has 0 bridgehead atoms. The fraction of sp³-hybridized carbons (Fsp3) is 1.00. The lowest BCUT2D eigenvalue weighted by Crippen LogP contribution is -2.49. The summed E-state index contributed by atoms with van der Waals surface area (Å²) in [6.07, 6.45) is 17.6. The van der Waals surface area contributed by atoms with Crippen LogP contribution >= 0.6 is 0 Å². The summed E-state index contributed by atoms with van der Waals surface area (Å²) in [6, 6.07) is 0. The van der Waals surface area contributed by atoms with Crippen LogP contribution in [0, 0.1) is 0 Å². The molecule has 1 fully saturated rings. The lowest BCUT2D eigenvalue weighted by atomic mass is 9.91. The summed E-state index contributed by atoms with van der Waals surface area (Å²) >= 11 is 0. The summed E-state index contributed by atoms with van der Waals surface area (Å²) < 4.78 is 12.6. The minimum Gasteiger partial charge on any atom is -0.347 e. The Hall–Kier alpha value is -0.160. The van der Waals surface area contributed by atoms with E-state index in [0.717, 1.165) is 19.3 Å². The maximum Gasteiger partial charge on any atom is 0.170 e. The maximum absolute atomic E-state index is 10.2. The first-order valence-electron chi connectivity index (χ1n) is 12.2. The van der Waals surface area contributed by atoms with Gasteiger partial charge in [-0.15, -0.1) is 0 Å². The molecule has 0 saturated carbocycles. The van der Waals surface area contributed by atoms with Crippen LogP contribution in [0.2, 0.25) is 0 Å². The third-order valence-corrected chi connectivity index (χ3v) is 6.12. The molecule has 1 rings (SSSR count). The van der Waals surface area contributed by atoms with Gasteiger partial charge in [-0.2, -0.15) is 5.06 Å². The van der Waals surface area contributed by atoms with E-state index in [1.807, 2.05) is 6.92 Å². The molecule has 0 aromatic carbocycles. The Morgan fingerprint density at radius 3 is 2.00 bits per heavy atom. The van der Waals surface area contributed by atoms with E-state index in [9.17, 15) is 5.21 Å². The second kappa shape index (κ2) is 14.0. The number of nitrogens with zero attached hydrogens (tertiary/aromatic N) is 1. The van der Waals surface area contributed by atoms with Crippen molar-refractivity contribution in [2.24, 2.45) is 0 Å². The fourth-order valence-electron chi connectivity index (χ4n) is 4.49. The summed E-state index contributed by atoms with van der Waals surface area (Å²) in [5.41, 5.74) is -0.351. The molecule has 0 aliphatic carbocycles. The van der Waals surface area contributed by atoms with Crippen molar-refractivity contribution < 1.29 is 14.7 Å². The molecule has 2 unspecified atom stereocenters. The van der Waals surface area contributed by atoms with Crippen LogP contribution < -0.4 is 0 Å². The molecule has 28 heavy (non-hydrogen) atoms. The molecule has 168 valence electrons. The van der Waals surface area contributed by atoms with Gasteiger partial charge < -0.3 is 14.7 Å². The highest BCUT2D eigenvalue weighted by Crippen LogP contribution is 2.38. The van der Waals surface area contributed by atoms with E-state index in [1.54, 1.807) is 0 Å². The summed E-state index contributed by atoms with van der Waals surface area (Å²) in [4.78, 5) is 0. The number of hydroxylamine groups is 2. The zero-order chi connectivity index (χ0) is 20.9. The van der Waals surface area contributed by atoms with Gasteiger partial charge >= 0.3 is 0 Å². The SMILES string of the molecule is CCCCCCCCCCCCC1COC(CCC)(CC(C)(C)N(O)CC)O1. The molecule has 2 atom stereocenters. The van der Waals surface area contributed by atoms with Gasteiger partial charge in [-0.05, 0) is 20.3 Å². The lowest BCUT2D eigenvalue weighted by molar-refractivity contribution is -0.231. The van der Waals surface area contributed by atoms with E-state index in [2.05, 4.69) is 27.7 Å². The van der Waals surface area contributed by atoms with Gasteiger partial charge in [-0.25, -0.2) is 0 Å². The van der Waals surface area contributed by atoms with E-state index in [0.29, 0.717) is 19.6 Å². The first-order chi connectivity index (χ1) is 13.4. The third kappa shape index (κ3) is 9.56. The van der Waals surface area contributed by atoms with E-state index >= 15 is 0 Å². The highest BCUT2D eigenvalue weighted by atomic mass is 16.7. The number of ether oxygens (including phenoxy) is 2. The molecular weight excluding hydrogens is 350 g/mol. The van der Waals surface area contributed by atoms with Gasteiger partial charge in [-0.3, -0.25) is 0 Å². The van der Waals surface area contributed by atoms with Crippen LogP contribution in [0.5, 0.6) is 0 Å². The highest BCUT2D eigenvalue weighted by Gasteiger charge is 2.45. The maximum atomic E-state index is 10.2. The van der Waals surface area contributed by atoms with Crippen LogP contribution in [0.1, 0.15) is 125 Å². The Morgan fingerprint density at radius 2 is 1.46 bits per heavy atom. The molecule has 0 aromatic rings. The molecule has 1 heterocycles. The summed E-state index contributed by atoms with van der Waals surface area (Å²) in [7, 11) is 0. The Labute approximate surface area is 175 Å². The number of hydrogen-bond acceptors (Lipinski definition) is 4. The van der Waals surface area contributed by atoms with E-state index in [4.69, 9.17) is 9.47 Å². The smallest absolute Gasteiger partial charge is 0.170 e. The average Bonchev–Trinajstić information content (AvgIpc) is 3.04. The fourth-order valence-corrected chi connectivity index (χ4v) is 4.49. The monoisotopic (exact) mass is 399 g/mol. The molecule has 4 nitrogen and oxygen atoms in total. The third-order valence-electron chi connectivity index (χ3n) is 6.12. The van der Waals surface area contributed by atoms with Crippen molar-refractivity contribution in [3.8, 4) is 0 Å². The van der Waals surface area contributed by atoms with Crippen LogP contribution in [-0.4, -0.2) is 40.9 Å². The van der Waals surface area contributed by atoms with Gasteiger partial charge in [0.25, 0.3) is 0 Å². The molecule has 1 aliphatic rings. The van der Waals surface area contributed by atoms with Gasteiger partial charge in [0.15, 0.2) is 5.79 Å². The van der Waals surface area contributed by atoms with Crippen LogP contribution in [0.15, 0.2) is 0 Å². The van der Waals surface area contributed by atoms with Crippen molar-refractivity contribution in [2.45, 2.75) is 142 Å². The topological polar surface area (TPSA) is 41.9 Å². The summed E-state index contributed by atoms with van der Waals surface area (Å²) in [5.74, 6) is -0.530.